The van der Waals surface area contributed by atoms with Crippen molar-refractivity contribution in [2.24, 2.45) is 0 Å². The highest BCUT2D eigenvalue weighted by molar-refractivity contribution is 7.87. The Hall–Kier alpha value is -2.07. The fraction of sp³-hybridized carbons (Fsp3) is 0.429. The number of piperidine rings is 1. The van der Waals surface area contributed by atoms with Crippen molar-refractivity contribution in [3.63, 3.8) is 0 Å². The van der Waals surface area contributed by atoms with Gasteiger partial charge in [0.1, 0.15) is 12.4 Å². The van der Waals surface area contributed by atoms with Gasteiger partial charge in [-0.2, -0.15) is 30.9 Å². The van der Waals surface area contributed by atoms with E-state index in [0.29, 0.717) is 0 Å². The van der Waals surface area contributed by atoms with Crippen LogP contribution in [0.15, 0.2) is 36.2 Å². The zero-order valence-electron chi connectivity index (χ0n) is 13.4. The summed E-state index contributed by atoms with van der Waals surface area (Å²) in [5.41, 5.74) is 0.812. The number of carbonyl (C=O) groups is 1. The SMILES string of the molecule is CN(C)c1cc[n+](C(=O)NS(=O)(=O)N2CCC(=C(F)F)CC2)cc1. The topological polar surface area (TPSA) is 73.6 Å². The highest BCUT2D eigenvalue weighted by Gasteiger charge is 2.33. The largest absolute Gasteiger partial charge is 0.512 e. The molecular weight excluding hydrogens is 342 g/mol. The Balaban J connectivity index is 2.04. The van der Waals surface area contributed by atoms with Crippen molar-refractivity contribution in [2.75, 3.05) is 32.1 Å². The molecule has 132 valence electrons. The third kappa shape index (κ3) is 4.26. The van der Waals surface area contributed by atoms with Crippen molar-refractivity contribution in [3.8, 4) is 0 Å². The van der Waals surface area contributed by atoms with Gasteiger partial charge in [-0.15, -0.1) is 4.72 Å². The number of nitrogens with one attached hydrogen (secondary N) is 1. The Morgan fingerprint density at radius 3 is 2.21 bits per heavy atom. The number of pyridine rings is 1. The van der Waals surface area contributed by atoms with Gasteiger partial charge < -0.3 is 4.90 Å². The normalized spacial score (nSPS) is 15.9. The van der Waals surface area contributed by atoms with Crippen LogP contribution in [0.3, 0.4) is 0 Å². The van der Waals surface area contributed by atoms with E-state index in [0.717, 1.165) is 14.6 Å². The maximum atomic E-state index is 12.5. The number of aromatic nitrogens is 1. The molecule has 1 aromatic rings. The van der Waals surface area contributed by atoms with Crippen LogP contribution in [0.2, 0.25) is 0 Å². The summed E-state index contributed by atoms with van der Waals surface area (Å²) in [7, 11) is -0.398. The zero-order valence-corrected chi connectivity index (χ0v) is 14.2. The third-order valence-corrected chi connectivity index (χ3v) is 5.19. The van der Waals surface area contributed by atoms with Crippen molar-refractivity contribution in [1.82, 2.24) is 9.03 Å². The van der Waals surface area contributed by atoms with Crippen LogP contribution in [-0.2, 0) is 10.2 Å². The molecule has 0 atom stereocenters. The lowest BCUT2D eigenvalue weighted by molar-refractivity contribution is -0.570. The molecule has 0 radical (unpaired) electrons. The molecule has 0 unspecified atom stereocenters. The summed E-state index contributed by atoms with van der Waals surface area (Å²) in [6.07, 6.45) is 1.04. The van der Waals surface area contributed by atoms with E-state index in [1.54, 1.807) is 12.1 Å². The Bertz CT molecular complexity index is 734. The molecule has 10 heteroatoms. The molecule has 1 aliphatic heterocycles. The predicted molar refractivity (Wildman–Crippen MR) is 83.9 cm³/mol. The molecule has 2 rings (SSSR count). The molecule has 24 heavy (non-hydrogen) atoms. The van der Waals surface area contributed by atoms with Gasteiger partial charge in [0.2, 0.25) is 0 Å². The van der Waals surface area contributed by atoms with E-state index in [2.05, 4.69) is 0 Å². The summed E-state index contributed by atoms with van der Waals surface area (Å²) in [4.78, 5) is 13.9. The first kappa shape index (κ1) is 18.3. The molecule has 7 nitrogen and oxygen atoms in total. The van der Waals surface area contributed by atoms with Crippen LogP contribution in [0, 0.1) is 0 Å². The summed E-state index contributed by atoms with van der Waals surface area (Å²) < 4.78 is 53.4. The Labute approximate surface area is 139 Å². The molecule has 0 bridgehead atoms. The first-order valence-corrected chi connectivity index (χ1v) is 8.68. The lowest BCUT2D eigenvalue weighted by Crippen LogP contribution is -2.55. The lowest BCUT2D eigenvalue weighted by atomic mass is 10.1. The number of anilines is 1. The second-order valence-corrected chi connectivity index (χ2v) is 7.20. The monoisotopic (exact) mass is 361 g/mol. The minimum absolute atomic E-state index is 0.0396. The van der Waals surface area contributed by atoms with Crippen molar-refractivity contribution in [3.05, 3.63) is 36.2 Å². The van der Waals surface area contributed by atoms with Gasteiger partial charge in [0.15, 0.2) is 0 Å². The Kier molecular flexibility index (Phi) is 5.50. The molecule has 1 fully saturated rings. The van der Waals surface area contributed by atoms with E-state index >= 15 is 0 Å². The van der Waals surface area contributed by atoms with E-state index < -0.39 is 22.3 Å². The molecule has 2 heterocycles. The smallest absolute Gasteiger partial charge is 0.377 e. The third-order valence-electron chi connectivity index (χ3n) is 3.71. The number of halogens is 2. The molecular formula is C14H19F2N4O3S+. The first-order valence-electron chi connectivity index (χ1n) is 7.24. The average molecular weight is 361 g/mol. The number of rotatable bonds is 3. The predicted octanol–water partition coefficient (Wildman–Crippen LogP) is 1.09. The summed E-state index contributed by atoms with van der Waals surface area (Å²) in [5.74, 6) is 0. The van der Waals surface area contributed by atoms with Crippen molar-refractivity contribution in [1.29, 1.82) is 0 Å². The van der Waals surface area contributed by atoms with Crippen LogP contribution in [0.25, 0.3) is 0 Å². The van der Waals surface area contributed by atoms with Crippen molar-refractivity contribution < 1.29 is 26.6 Å². The Morgan fingerprint density at radius 2 is 1.75 bits per heavy atom. The van der Waals surface area contributed by atoms with Crippen LogP contribution < -0.4 is 14.2 Å². The van der Waals surface area contributed by atoms with Crippen LogP contribution in [0.5, 0.6) is 0 Å². The van der Waals surface area contributed by atoms with Gasteiger partial charge in [0.25, 0.3) is 6.08 Å². The molecule has 1 saturated heterocycles. The highest BCUT2D eigenvalue weighted by Crippen LogP contribution is 2.22. The summed E-state index contributed by atoms with van der Waals surface area (Å²) in [6.45, 7) is -0.168. The maximum absolute atomic E-state index is 12.5. The minimum Gasteiger partial charge on any atom is -0.377 e. The van der Waals surface area contributed by atoms with Gasteiger partial charge in [0, 0.05) is 45.0 Å². The summed E-state index contributed by atoms with van der Waals surface area (Å²) in [6, 6.07) is 2.49. The van der Waals surface area contributed by atoms with Gasteiger partial charge in [-0.05, 0) is 18.4 Å². The Morgan fingerprint density at radius 1 is 1.21 bits per heavy atom. The second kappa shape index (κ2) is 7.22. The molecule has 0 aromatic carbocycles. The van der Waals surface area contributed by atoms with Crippen molar-refractivity contribution in [2.45, 2.75) is 12.8 Å². The number of nitrogens with zero attached hydrogens (tertiary/aromatic N) is 3. The standard InChI is InChI=1S/C14H18F2N4O3S/c1-18(2)12-5-7-19(8-6-12)14(21)17-24(22,23)20-9-3-11(4-10-20)13(15)16/h5-8H,3-4,9-10H2,1-2H3/p+1. The van der Waals surface area contributed by atoms with Gasteiger partial charge in [-0.1, -0.05) is 0 Å². The van der Waals surface area contributed by atoms with Crippen LogP contribution >= 0.6 is 0 Å². The quantitative estimate of drug-likeness (QED) is 0.818. The molecule has 1 aromatic heterocycles. The van der Waals surface area contributed by atoms with Crippen molar-refractivity contribution >= 4 is 21.9 Å². The van der Waals surface area contributed by atoms with Gasteiger partial charge >= 0.3 is 16.2 Å². The van der Waals surface area contributed by atoms with Crippen LogP contribution in [-0.4, -0.2) is 45.9 Å². The number of hydrogen-bond acceptors (Lipinski definition) is 4. The summed E-state index contributed by atoms with van der Waals surface area (Å²) >= 11 is 0. The van der Waals surface area contributed by atoms with Crippen LogP contribution in [0.4, 0.5) is 19.3 Å². The lowest BCUT2D eigenvalue weighted by Gasteiger charge is -2.24. The van der Waals surface area contributed by atoms with E-state index in [-0.39, 0.29) is 31.5 Å². The molecule has 1 aliphatic rings. The van der Waals surface area contributed by atoms with E-state index in [9.17, 15) is 22.0 Å². The minimum atomic E-state index is -4.07. The number of carbonyl (C=O) groups excluding carboxylic acids is 1. The van der Waals surface area contributed by atoms with E-state index in [1.807, 2.05) is 23.7 Å². The van der Waals surface area contributed by atoms with Gasteiger partial charge in [-0.25, -0.2) is 0 Å². The highest BCUT2D eigenvalue weighted by atomic mass is 32.2. The van der Waals surface area contributed by atoms with E-state index in [1.165, 1.54) is 12.4 Å². The molecule has 1 N–H and O–H groups in total. The molecule has 0 saturated carbocycles. The molecule has 0 spiro atoms. The molecule has 0 aliphatic carbocycles. The first-order chi connectivity index (χ1) is 11.2. The maximum Gasteiger partial charge on any atom is 0.512 e. The average Bonchev–Trinajstić information content (AvgIpc) is 2.54. The number of hydrogen-bond donors (Lipinski definition) is 1. The number of amides is 1. The van der Waals surface area contributed by atoms with Gasteiger partial charge in [-0.3, -0.25) is 0 Å². The van der Waals surface area contributed by atoms with Gasteiger partial charge in [0.05, 0.1) is 0 Å². The van der Waals surface area contributed by atoms with E-state index in [4.69, 9.17) is 0 Å². The summed E-state index contributed by atoms with van der Waals surface area (Å²) in [5, 5.41) is 0. The fourth-order valence-corrected chi connectivity index (χ4v) is 3.38. The van der Waals surface area contributed by atoms with Crippen LogP contribution in [0.1, 0.15) is 12.8 Å². The molecule has 1 amide bonds. The fourth-order valence-electron chi connectivity index (χ4n) is 2.27. The second-order valence-electron chi connectivity index (χ2n) is 5.53. The zero-order chi connectivity index (χ0) is 17.9.